The van der Waals surface area contributed by atoms with Crippen molar-refractivity contribution in [1.29, 1.82) is 0 Å². The summed E-state index contributed by atoms with van der Waals surface area (Å²) in [6.45, 7) is 2.36. The minimum absolute atomic E-state index is 0.0736. The van der Waals surface area contributed by atoms with E-state index in [4.69, 9.17) is 4.74 Å². The highest BCUT2D eigenvalue weighted by atomic mass is 16.5. The first-order chi connectivity index (χ1) is 15.0. The molecule has 1 unspecified atom stereocenters. The molecule has 162 valence electrons. The quantitative estimate of drug-likeness (QED) is 0.696. The third-order valence-corrected chi connectivity index (χ3v) is 5.96. The highest BCUT2D eigenvalue weighted by molar-refractivity contribution is 6.02. The van der Waals surface area contributed by atoms with Crippen LogP contribution in [-0.2, 0) is 9.59 Å². The zero-order valence-corrected chi connectivity index (χ0v) is 17.7. The maximum absolute atomic E-state index is 12.6. The summed E-state index contributed by atoms with van der Waals surface area (Å²) in [4.78, 5) is 41.4. The number of nitrogens with one attached hydrogen (secondary N) is 1. The number of Topliss-reactive ketones (excluding diaryl/α,β-unsaturated/α-hetero) is 1. The van der Waals surface area contributed by atoms with Crippen molar-refractivity contribution >= 4 is 29.0 Å². The zero-order valence-electron chi connectivity index (χ0n) is 17.7. The molecule has 2 fully saturated rings. The number of benzene rings is 2. The molecule has 0 bridgehead atoms. The molecule has 2 aliphatic heterocycles. The predicted molar refractivity (Wildman–Crippen MR) is 119 cm³/mol. The van der Waals surface area contributed by atoms with Gasteiger partial charge in [-0.3, -0.25) is 14.4 Å². The van der Waals surface area contributed by atoms with Crippen LogP contribution in [0, 0.1) is 5.92 Å². The molecule has 2 aliphatic rings. The van der Waals surface area contributed by atoms with Crippen molar-refractivity contribution in [3.63, 3.8) is 0 Å². The van der Waals surface area contributed by atoms with Gasteiger partial charge in [-0.1, -0.05) is 0 Å². The maximum atomic E-state index is 12.6. The Hall–Kier alpha value is -3.35. The zero-order chi connectivity index (χ0) is 21.8. The highest BCUT2D eigenvalue weighted by Gasteiger charge is 2.35. The van der Waals surface area contributed by atoms with Gasteiger partial charge in [0.05, 0.1) is 19.6 Å². The second-order valence-corrected chi connectivity index (χ2v) is 7.99. The van der Waals surface area contributed by atoms with Crippen molar-refractivity contribution < 1.29 is 19.1 Å². The standard InChI is InChI=1S/C24H27N3O4/c1-31-21-10-4-17(5-11-21)22(28)15-25-24(30)18-14-23(29)27(16-18)20-8-6-19(7-9-20)26-12-2-3-13-26/h4-11,18H,2-3,12-16H2,1H3,(H,25,30). The fourth-order valence-electron chi connectivity index (χ4n) is 4.14. The fraction of sp³-hybridized carbons (Fsp3) is 0.375. The highest BCUT2D eigenvalue weighted by Crippen LogP contribution is 2.28. The lowest BCUT2D eigenvalue weighted by atomic mass is 10.1. The smallest absolute Gasteiger partial charge is 0.227 e. The summed E-state index contributed by atoms with van der Waals surface area (Å²) in [6.07, 6.45) is 2.57. The molecule has 7 nitrogen and oxygen atoms in total. The largest absolute Gasteiger partial charge is 0.497 e. The van der Waals surface area contributed by atoms with Gasteiger partial charge in [0.2, 0.25) is 11.8 Å². The SMILES string of the molecule is COc1ccc(C(=O)CNC(=O)C2CC(=O)N(c3ccc(N4CCCC4)cc3)C2)cc1. The van der Waals surface area contributed by atoms with Crippen molar-refractivity contribution in [2.75, 3.05) is 43.1 Å². The molecule has 1 N–H and O–H groups in total. The van der Waals surface area contributed by atoms with Crippen LogP contribution >= 0.6 is 0 Å². The summed E-state index contributed by atoms with van der Waals surface area (Å²) in [5, 5.41) is 2.68. The average molecular weight is 421 g/mol. The van der Waals surface area contributed by atoms with Crippen molar-refractivity contribution in [3.05, 3.63) is 54.1 Å². The molecule has 2 aromatic carbocycles. The van der Waals surface area contributed by atoms with Crippen LogP contribution in [0.4, 0.5) is 11.4 Å². The number of amides is 2. The Bertz CT molecular complexity index is 950. The third kappa shape index (κ3) is 4.71. The number of nitrogens with zero attached hydrogens (tertiary/aromatic N) is 2. The lowest BCUT2D eigenvalue weighted by Gasteiger charge is -2.20. The molecule has 2 amide bonds. The molecular weight excluding hydrogens is 394 g/mol. The van der Waals surface area contributed by atoms with Gasteiger partial charge in [-0.05, 0) is 61.4 Å². The first-order valence-corrected chi connectivity index (χ1v) is 10.7. The van der Waals surface area contributed by atoms with Gasteiger partial charge in [-0.25, -0.2) is 0 Å². The van der Waals surface area contributed by atoms with Crippen LogP contribution in [0.1, 0.15) is 29.6 Å². The molecule has 31 heavy (non-hydrogen) atoms. The first kappa shape index (κ1) is 20.9. The van der Waals surface area contributed by atoms with Gasteiger partial charge in [0, 0.05) is 43.0 Å². The van der Waals surface area contributed by atoms with E-state index in [1.807, 2.05) is 24.3 Å². The van der Waals surface area contributed by atoms with E-state index in [2.05, 4.69) is 10.2 Å². The molecule has 0 radical (unpaired) electrons. The summed E-state index contributed by atoms with van der Waals surface area (Å²) in [5.41, 5.74) is 2.47. The van der Waals surface area contributed by atoms with E-state index in [0.29, 0.717) is 17.9 Å². The van der Waals surface area contributed by atoms with Crippen molar-refractivity contribution in [2.45, 2.75) is 19.3 Å². The molecule has 1 atom stereocenters. The molecule has 0 aliphatic carbocycles. The van der Waals surface area contributed by atoms with Gasteiger partial charge >= 0.3 is 0 Å². The van der Waals surface area contributed by atoms with Crippen LogP contribution < -0.4 is 19.9 Å². The number of hydrogen-bond acceptors (Lipinski definition) is 5. The molecule has 2 aromatic rings. The number of rotatable bonds is 7. The lowest BCUT2D eigenvalue weighted by molar-refractivity contribution is -0.126. The predicted octanol–water partition coefficient (Wildman–Crippen LogP) is 2.65. The normalized spacial score (nSPS) is 18.4. The summed E-state index contributed by atoms with van der Waals surface area (Å²) in [5.74, 6) is -0.329. The topological polar surface area (TPSA) is 78.9 Å². The Morgan fingerprint density at radius 2 is 1.65 bits per heavy atom. The molecule has 7 heteroatoms. The van der Waals surface area contributed by atoms with Gasteiger partial charge in [0.25, 0.3) is 0 Å². The van der Waals surface area contributed by atoms with E-state index < -0.39 is 5.92 Å². The molecule has 4 rings (SSSR count). The number of ketones is 1. The summed E-state index contributed by atoms with van der Waals surface area (Å²) >= 11 is 0. The molecule has 2 saturated heterocycles. The summed E-state index contributed by atoms with van der Waals surface area (Å²) in [7, 11) is 1.56. The molecule has 0 spiro atoms. The summed E-state index contributed by atoms with van der Waals surface area (Å²) in [6, 6.07) is 14.7. The van der Waals surface area contributed by atoms with E-state index in [9.17, 15) is 14.4 Å². The van der Waals surface area contributed by atoms with Crippen molar-refractivity contribution in [3.8, 4) is 5.75 Å². The monoisotopic (exact) mass is 421 g/mol. The van der Waals surface area contributed by atoms with Crippen LogP contribution in [-0.4, -0.2) is 50.9 Å². The Kier molecular flexibility index (Phi) is 6.21. The van der Waals surface area contributed by atoms with Gasteiger partial charge < -0.3 is 19.9 Å². The average Bonchev–Trinajstić information content (AvgIpc) is 3.47. The van der Waals surface area contributed by atoms with Crippen LogP contribution in [0.15, 0.2) is 48.5 Å². The van der Waals surface area contributed by atoms with E-state index in [1.165, 1.54) is 18.5 Å². The Morgan fingerprint density at radius 3 is 2.29 bits per heavy atom. The molecule has 2 heterocycles. The van der Waals surface area contributed by atoms with Gasteiger partial charge in [-0.2, -0.15) is 0 Å². The number of hydrogen-bond donors (Lipinski definition) is 1. The number of ether oxygens (including phenoxy) is 1. The first-order valence-electron chi connectivity index (χ1n) is 10.7. The minimum Gasteiger partial charge on any atom is -0.497 e. The van der Waals surface area contributed by atoms with Crippen LogP contribution in [0.3, 0.4) is 0 Å². The second-order valence-electron chi connectivity index (χ2n) is 7.99. The molecule has 0 aromatic heterocycles. The fourth-order valence-corrected chi connectivity index (χ4v) is 4.14. The Labute approximate surface area is 182 Å². The maximum Gasteiger partial charge on any atom is 0.227 e. The number of carbonyl (C=O) groups is 3. The number of carbonyl (C=O) groups excluding carboxylic acids is 3. The van der Waals surface area contributed by atoms with E-state index in [-0.39, 0.29) is 30.6 Å². The van der Waals surface area contributed by atoms with E-state index in [0.717, 1.165) is 18.8 Å². The van der Waals surface area contributed by atoms with Gasteiger partial charge in [-0.15, -0.1) is 0 Å². The van der Waals surface area contributed by atoms with Crippen LogP contribution in [0.5, 0.6) is 5.75 Å². The number of anilines is 2. The van der Waals surface area contributed by atoms with Gasteiger partial charge in [0.15, 0.2) is 5.78 Å². The minimum atomic E-state index is -0.463. The molecular formula is C24H27N3O4. The Balaban J connectivity index is 1.31. The molecule has 0 saturated carbocycles. The Morgan fingerprint density at radius 1 is 1.00 bits per heavy atom. The van der Waals surface area contributed by atoms with Crippen LogP contribution in [0.2, 0.25) is 0 Å². The van der Waals surface area contributed by atoms with Crippen molar-refractivity contribution in [2.24, 2.45) is 5.92 Å². The summed E-state index contributed by atoms with van der Waals surface area (Å²) < 4.78 is 5.08. The van der Waals surface area contributed by atoms with Gasteiger partial charge in [0.1, 0.15) is 5.75 Å². The lowest BCUT2D eigenvalue weighted by Crippen LogP contribution is -2.36. The number of methoxy groups -OCH3 is 1. The third-order valence-electron chi connectivity index (χ3n) is 5.96. The van der Waals surface area contributed by atoms with E-state index in [1.54, 1.807) is 36.3 Å². The van der Waals surface area contributed by atoms with Crippen LogP contribution in [0.25, 0.3) is 0 Å². The van der Waals surface area contributed by atoms with Crippen molar-refractivity contribution in [1.82, 2.24) is 5.32 Å². The second kappa shape index (κ2) is 9.20. The van der Waals surface area contributed by atoms with E-state index >= 15 is 0 Å².